The summed E-state index contributed by atoms with van der Waals surface area (Å²) in [6.07, 6.45) is 12.4. The van der Waals surface area contributed by atoms with Crippen LogP contribution < -0.4 is 10.2 Å². The van der Waals surface area contributed by atoms with E-state index in [0.717, 1.165) is 65.5 Å². The quantitative estimate of drug-likeness (QED) is 0.355. The fourth-order valence-corrected chi connectivity index (χ4v) is 4.85. The molecule has 0 bridgehead atoms. The molecule has 5 aromatic heterocycles. The Morgan fingerprint density at radius 3 is 2.51 bits per heavy atom. The van der Waals surface area contributed by atoms with Gasteiger partial charge in [-0.05, 0) is 24.3 Å². The number of nitrogens with one attached hydrogen (secondary N) is 1. The first-order valence-corrected chi connectivity index (χ1v) is 12.8. The Hall–Kier alpha value is -4.75. The molecular weight excluding hydrogens is 493 g/mol. The zero-order valence-electron chi connectivity index (χ0n) is 21.8. The molecule has 1 aliphatic rings. The average molecular weight is 522 g/mol. The highest BCUT2D eigenvalue weighted by Crippen LogP contribution is 2.34. The van der Waals surface area contributed by atoms with Gasteiger partial charge in [0.25, 0.3) is 0 Å². The van der Waals surface area contributed by atoms with Gasteiger partial charge in [-0.3, -0.25) is 14.6 Å². The van der Waals surface area contributed by atoms with Crippen molar-refractivity contribution >= 4 is 17.0 Å². The SMILES string of the molecule is CNc1cnn2cc(-c3cnn(C)c3)cc(-c3ccc(N4CCN(CC#Cc5cncc(F)c5)CC4)nc3)c12. The van der Waals surface area contributed by atoms with Gasteiger partial charge in [-0.15, -0.1) is 0 Å². The van der Waals surface area contributed by atoms with Crippen LogP contribution >= 0.6 is 0 Å². The molecule has 6 heterocycles. The third kappa shape index (κ3) is 5.17. The first-order valence-electron chi connectivity index (χ1n) is 12.8. The zero-order chi connectivity index (χ0) is 26.8. The Morgan fingerprint density at radius 2 is 1.79 bits per heavy atom. The fourth-order valence-electron chi connectivity index (χ4n) is 4.85. The van der Waals surface area contributed by atoms with Crippen LogP contribution in [0.15, 0.2) is 67.6 Å². The Labute approximate surface area is 225 Å². The van der Waals surface area contributed by atoms with Crippen molar-refractivity contribution in [2.75, 3.05) is 50.0 Å². The molecule has 0 spiro atoms. The minimum absolute atomic E-state index is 0.368. The Balaban J connectivity index is 1.18. The van der Waals surface area contributed by atoms with E-state index in [9.17, 15) is 4.39 Å². The summed E-state index contributed by atoms with van der Waals surface area (Å²) in [6, 6.07) is 7.79. The van der Waals surface area contributed by atoms with Gasteiger partial charge < -0.3 is 10.2 Å². The average Bonchev–Trinajstić information content (AvgIpc) is 3.59. The molecule has 1 aliphatic heterocycles. The highest BCUT2D eigenvalue weighted by molar-refractivity contribution is 5.91. The van der Waals surface area contributed by atoms with Crippen LogP contribution in [0.5, 0.6) is 0 Å². The largest absolute Gasteiger partial charge is 0.385 e. The van der Waals surface area contributed by atoms with E-state index in [2.05, 4.69) is 60.3 Å². The van der Waals surface area contributed by atoms with Crippen molar-refractivity contribution in [1.82, 2.24) is 34.3 Å². The van der Waals surface area contributed by atoms with Crippen LogP contribution in [0.4, 0.5) is 15.9 Å². The molecule has 0 amide bonds. The Bertz CT molecular complexity index is 1670. The van der Waals surface area contributed by atoms with Crippen molar-refractivity contribution < 1.29 is 4.39 Å². The summed E-state index contributed by atoms with van der Waals surface area (Å²) >= 11 is 0. The van der Waals surface area contributed by atoms with E-state index < -0.39 is 0 Å². The van der Waals surface area contributed by atoms with Crippen molar-refractivity contribution in [2.45, 2.75) is 0 Å². The summed E-state index contributed by atoms with van der Waals surface area (Å²) in [7, 11) is 3.82. The molecule has 0 atom stereocenters. The van der Waals surface area contributed by atoms with Gasteiger partial charge in [-0.25, -0.2) is 13.9 Å². The van der Waals surface area contributed by atoms with Gasteiger partial charge in [0.1, 0.15) is 11.6 Å². The van der Waals surface area contributed by atoms with Crippen molar-refractivity contribution in [3.8, 4) is 34.1 Å². The molecular formula is C29H28FN9. The molecule has 1 saturated heterocycles. The van der Waals surface area contributed by atoms with E-state index >= 15 is 0 Å². The number of aryl methyl sites for hydroxylation is 1. The molecule has 6 rings (SSSR count). The molecule has 9 nitrogen and oxygen atoms in total. The lowest BCUT2D eigenvalue weighted by molar-refractivity contribution is 0.287. The third-order valence-corrected chi connectivity index (χ3v) is 6.91. The van der Waals surface area contributed by atoms with E-state index in [4.69, 9.17) is 4.98 Å². The van der Waals surface area contributed by atoms with Gasteiger partial charge in [0.05, 0.1) is 36.3 Å². The van der Waals surface area contributed by atoms with Crippen LogP contribution in [0, 0.1) is 17.7 Å². The monoisotopic (exact) mass is 521 g/mol. The number of hydrogen-bond acceptors (Lipinski definition) is 7. The van der Waals surface area contributed by atoms with E-state index in [0.29, 0.717) is 12.1 Å². The minimum atomic E-state index is -0.368. The number of aromatic nitrogens is 6. The minimum Gasteiger partial charge on any atom is -0.385 e. The van der Waals surface area contributed by atoms with Crippen molar-refractivity contribution in [1.29, 1.82) is 0 Å². The Morgan fingerprint density at radius 1 is 0.923 bits per heavy atom. The number of anilines is 2. The lowest BCUT2D eigenvalue weighted by Crippen LogP contribution is -2.46. The van der Waals surface area contributed by atoms with E-state index in [1.807, 2.05) is 49.6 Å². The van der Waals surface area contributed by atoms with Gasteiger partial charge in [-0.2, -0.15) is 10.2 Å². The zero-order valence-corrected chi connectivity index (χ0v) is 21.8. The van der Waals surface area contributed by atoms with E-state index in [-0.39, 0.29) is 5.82 Å². The third-order valence-electron chi connectivity index (χ3n) is 6.91. The smallest absolute Gasteiger partial charge is 0.142 e. The molecule has 39 heavy (non-hydrogen) atoms. The first-order chi connectivity index (χ1) is 19.1. The maximum absolute atomic E-state index is 13.3. The summed E-state index contributed by atoms with van der Waals surface area (Å²) in [5, 5.41) is 12.2. The Kier molecular flexibility index (Phi) is 6.65. The number of rotatable bonds is 5. The summed E-state index contributed by atoms with van der Waals surface area (Å²) in [5.41, 5.74) is 6.69. The maximum atomic E-state index is 13.3. The second kappa shape index (κ2) is 10.6. The predicted molar refractivity (Wildman–Crippen MR) is 150 cm³/mol. The molecule has 0 aromatic carbocycles. The molecule has 1 N–H and O–H groups in total. The number of hydrogen-bond donors (Lipinski definition) is 1. The molecule has 0 aliphatic carbocycles. The standard InChI is InChI=1S/C29H28FN9/c1-31-27-18-35-39-20-23(24-16-34-36(2)19-24)13-26(29(27)39)22-5-6-28(33-15-22)38-10-8-37(9-11-38)7-3-4-21-12-25(30)17-32-14-21/h5-6,12-20,31H,7-11H2,1-2H3. The van der Waals surface area contributed by atoms with E-state index in [1.165, 1.54) is 12.3 Å². The van der Waals surface area contributed by atoms with Gasteiger partial charge in [0.2, 0.25) is 0 Å². The van der Waals surface area contributed by atoms with Crippen LogP contribution in [-0.2, 0) is 7.05 Å². The summed E-state index contributed by atoms with van der Waals surface area (Å²) in [4.78, 5) is 13.3. The summed E-state index contributed by atoms with van der Waals surface area (Å²) < 4.78 is 17.0. The van der Waals surface area contributed by atoms with Gasteiger partial charge in [0.15, 0.2) is 0 Å². The topological polar surface area (TPSA) is 79.4 Å². The van der Waals surface area contributed by atoms with Crippen LogP contribution in [-0.4, -0.2) is 74.0 Å². The summed E-state index contributed by atoms with van der Waals surface area (Å²) in [5.74, 6) is 6.72. The van der Waals surface area contributed by atoms with Crippen molar-refractivity contribution in [2.24, 2.45) is 7.05 Å². The molecule has 5 aromatic rings. The molecule has 0 saturated carbocycles. The number of fused-ring (bicyclic) bond motifs is 1. The molecule has 10 heteroatoms. The lowest BCUT2D eigenvalue weighted by atomic mass is 10.0. The first kappa shape index (κ1) is 24.6. The van der Waals surface area contributed by atoms with Crippen LogP contribution in [0.1, 0.15) is 5.56 Å². The normalized spacial score (nSPS) is 13.9. The lowest BCUT2D eigenvalue weighted by Gasteiger charge is -2.34. The van der Waals surface area contributed by atoms with Gasteiger partial charge in [0, 0.05) is 92.9 Å². The highest BCUT2D eigenvalue weighted by atomic mass is 19.1. The van der Waals surface area contributed by atoms with Crippen molar-refractivity contribution in [3.63, 3.8) is 0 Å². The highest BCUT2D eigenvalue weighted by Gasteiger charge is 2.18. The van der Waals surface area contributed by atoms with Gasteiger partial charge >= 0.3 is 0 Å². The predicted octanol–water partition coefficient (Wildman–Crippen LogP) is 3.55. The van der Waals surface area contributed by atoms with Crippen LogP contribution in [0.2, 0.25) is 0 Å². The molecule has 0 radical (unpaired) electrons. The molecule has 0 unspecified atom stereocenters. The molecule has 1 fully saturated rings. The number of nitrogens with zero attached hydrogens (tertiary/aromatic N) is 8. The molecule has 196 valence electrons. The maximum Gasteiger partial charge on any atom is 0.142 e. The number of pyridine rings is 3. The number of piperazine rings is 1. The number of halogens is 1. The van der Waals surface area contributed by atoms with Crippen molar-refractivity contribution in [3.05, 3.63) is 79.0 Å². The summed E-state index contributed by atoms with van der Waals surface area (Å²) in [6.45, 7) is 4.13. The van der Waals surface area contributed by atoms with E-state index in [1.54, 1.807) is 10.9 Å². The van der Waals surface area contributed by atoms with Crippen LogP contribution in [0.25, 0.3) is 27.8 Å². The fraction of sp³-hybridized carbons (Fsp3) is 0.241. The second-order valence-electron chi connectivity index (χ2n) is 9.51. The van der Waals surface area contributed by atoms with Crippen LogP contribution in [0.3, 0.4) is 0 Å². The van der Waals surface area contributed by atoms with Gasteiger partial charge in [-0.1, -0.05) is 11.8 Å². The second-order valence-corrected chi connectivity index (χ2v) is 9.51.